The molecule has 0 unspecified atom stereocenters. The quantitative estimate of drug-likeness (QED) is 0.404. The summed E-state index contributed by atoms with van der Waals surface area (Å²) < 4.78 is 0. The minimum Gasteiger partial charge on any atom is 0 e. The van der Waals surface area contributed by atoms with E-state index in [1.54, 1.807) is 0 Å². The van der Waals surface area contributed by atoms with Gasteiger partial charge in [0.15, 0.2) is 17.4 Å². The molecule has 0 heterocycles. The van der Waals surface area contributed by atoms with Gasteiger partial charge in [0.05, 0.1) is 0 Å². The van der Waals surface area contributed by atoms with Crippen LogP contribution in [0.3, 0.4) is 0 Å². The van der Waals surface area contributed by atoms with Gasteiger partial charge >= 0.3 is 19.8 Å². The van der Waals surface area contributed by atoms with E-state index in [0.717, 1.165) is 0 Å². The van der Waals surface area contributed by atoms with Crippen molar-refractivity contribution in [2.24, 2.45) is 0 Å². The third kappa shape index (κ3) is 17.7. The summed E-state index contributed by atoms with van der Waals surface area (Å²) in [5.74, 6) is 0. The summed E-state index contributed by atoms with van der Waals surface area (Å²) in [6, 6.07) is 0. The zero-order chi connectivity index (χ0) is 0. The van der Waals surface area contributed by atoms with Gasteiger partial charge < -0.3 is 0 Å². The second-order valence-corrected chi connectivity index (χ2v) is 0. The average molecular weight is 394 g/mol. The molecule has 0 saturated heterocycles. The van der Waals surface area contributed by atoms with E-state index >= 15 is 0 Å². The van der Waals surface area contributed by atoms with Gasteiger partial charge in [-0.15, -0.1) is 0 Å². The van der Waals surface area contributed by atoms with E-state index in [9.17, 15) is 0 Å². The van der Waals surface area contributed by atoms with Crippen molar-refractivity contribution in [3.05, 3.63) is 0 Å². The normalized spacial score (nSPS) is 0. The topological polar surface area (TPSA) is 0 Å². The molecular weight excluding hydrogens is 388 g/mol. The van der Waals surface area contributed by atoms with E-state index in [2.05, 4.69) is 0 Å². The van der Waals surface area contributed by atoms with Crippen molar-refractivity contribution in [3.63, 3.8) is 0 Å². The molecule has 2 radical (unpaired) electrons. The van der Waals surface area contributed by atoms with Crippen molar-refractivity contribution in [1.29, 1.82) is 0 Å². The molecule has 0 bridgehead atoms. The molecular formula is H6AlGaGdScY. The number of hydrogen-bond acceptors (Lipinski definition) is 0. The molecule has 0 atom stereocenters. The Kier molecular flexibility index (Phi) is 161. The zero-order valence-corrected chi connectivity index (χ0v) is 8.42. The van der Waals surface area contributed by atoms with Gasteiger partial charge in [0.1, 0.15) is 0 Å². The van der Waals surface area contributed by atoms with Crippen molar-refractivity contribution in [3.8, 4) is 0 Å². The molecule has 0 aromatic heterocycles. The van der Waals surface area contributed by atoms with E-state index in [1.807, 2.05) is 0 Å². The molecule has 0 spiro atoms. The van der Waals surface area contributed by atoms with Crippen LogP contribution in [0, 0.1) is 39.9 Å². The van der Waals surface area contributed by atoms with E-state index in [-0.39, 0.29) is 136 Å². The summed E-state index contributed by atoms with van der Waals surface area (Å²) in [5.41, 5.74) is 0. The Hall–Kier alpha value is 4.47. The Bertz CT molecular complexity index is 11.6. The van der Waals surface area contributed by atoms with Gasteiger partial charge in [0.2, 0.25) is 0 Å². The molecule has 26 valence electrons. The van der Waals surface area contributed by atoms with Gasteiger partial charge in [-0.25, -0.2) is 0 Å². The van der Waals surface area contributed by atoms with Crippen LogP contribution < -0.4 is 0 Å². The van der Waals surface area contributed by atoms with Crippen molar-refractivity contribution < 1.29 is 98.5 Å². The zero-order valence-electron chi connectivity index (χ0n) is 1.51. The second kappa shape index (κ2) is 23.7. The third-order valence-electron chi connectivity index (χ3n) is 0. The fourth-order valence-corrected chi connectivity index (χ4v) is 0. The molecule has 0 aliphatic rings. The molecule has 5 heteroatoms. The second-order valence-electron chi connectivity index (χ2n) is 0. The Morgan fingerprint density at radius 2 is 1.00 bits per heavy atom. The molecule has 0 aliphatic heterocycles. The smallest absolute Gasteiger partial charge is 0 e. The van der Waals surface area contributed by atoms with E-state index in [4.69, 9.17) is 0 Å². The maximum atomic E-state index is 0. The van der Waals surface area contributed by atoms with Crippen molar-refractivity contribution in [1.82, 2.24) is 0 Å². The first-order valence-electron chi connectivity index (χ1n) is 0. The predicted octanol–water partition coefficient (Wildman–Crippen LogP) is -2.37. The summed E-state index contributed by atoms with van der Waals surface area (Å²) in [6.07, 6.45) is 0. The molecule has 0 aromatic rings. The molecule has 0 saturated carbocycles. The Balaban J connectivity index is 0. The Morgan fingerprint density at radius 1 is 1.00 bits per heavy atom. The van der Waals surface area contributed by atoms with Crippen molar-refractivity contribution >= 4 is 37.2 Å². The van der Waals surface area contributed by atoms with Crippen LogP contribution in [-0.4, -0.2) is 37.2 Å². The first-order chi connectivity index (χ1) is 0. The fourth-order valence-electron chi connectivity index (χ4n) is 0. The van der Waals surface area contributed by atoms with Gasteiger partial charge in [0.25, 0.3) is 0 Å². The Labute approximate surface area is 132 Å². The first-order valence-corrected chi connectivity index (χ1v) is 0. The van der Waals surface area contributed by atoms with Crippen molar-refractivity contribution in [2.75, 3.05) is 0 Å². The minimum absolute atomic E-state index is 0. The number of rotatable bonds is 0. The molecule has 0 fully saturated rings. The molecule has 5 heavy (non-hydrogen) atoms. The monoisotopic (exact) mass is 394 g/mol. The van der Waals surface area contributed by atoms with E-state index < -0.39 is 0 Å². The average Bonchev–Trinajstić information content (AvgIpc) is 0. The van der Waals surface area contributed by atoms with Crippen LogP contribution in [0.1, 0.15) is 0 Å². The SMILES string of the molecule is [AlH3].[GaH3].[Gd].[Sc].[Y]. The maximum Gasteiger partial charge on any atom is 0 e. The first kappa shape index (κ1) is 34.0. The van der Waals surface area contributed by atoms with Gasteiger partial charge in [-0.1, -0.05) is 0 Å². The summed E-state index contributed by atoms with van der Waals surface area (Å²) in [5, 5.41) is 0. The van der Waals surface area contributed by atoms with Gasteiger partial charge in [-0.2, -0.15) is 0 Å². The van der Waals surface area contributed by atoms with Crippen LogP contribution >= 0.6 is 0 Å². The maximum absolute atomic E-state index is 0. The van der Waals surface area contributed by atoms with E-state index in [0.29, 0.717) is 0 Å². The molecule has 0 aromatic carbocycles. The van der Waals surface area contributed by atoms with Gasteiger partial charge in [0, 0.05) is 98.5 Å². The van der Waals surface area contributed by atoms with Crippen LogP contribution in [0.5, 0.6) is 0 Å². The van der Waals surface area contributed by atoms with Crippen LogP contribution in [0.25, 0.3) is 0 Å². The molecule has 0 N–H and O–H groups in total. The minimum atomic E-state index is 0. The standard InChI is InChI=1S/Al.Ga.Gd.Sc.Y.6H. The predicted molar refractivity (Wildman–Crippen MR) is 19.9 cm³/mol. The Morgan fingerprint density at radius 3 is 1.00 bits per heavy atom. The molecule has 0 rings (SSSR count). The summed E-state index contributed by atoms with van der Waals surface area (Å²) in [7, 11) is 0. The van der Waals surface area contributed by atoms with Crippen LogP contribution in [0.2, 0.25) is 0 Å². The summed E-state index contributed by atoms with van der Waals surface area (Å²) in [4.78, 5) is 0. The molecule has 0 nitrogen and oxygen atoms in total. The summed E-state index contributed by atoms with van der Waals surface area (Å²) >= 11 is 0. The largest absolute Gasteiger partial charge is 0 e. The van der Waals surface area contributed by atoms with Crippen LogP contribution in [0.15, 0.2) is 0 Å². The van der Waals surface area contributed by atoms with Gasteiger partial charge in [-0.3, -0.25) is 0 Å². The molecule has 0 aliphatic carbocycles. The van der Waals surface area contributed by atoms with Crippen LogP contribution in [-0.2, 0) is 58.6 Å². The number of hydrogen-bond donors (Lipinski definition) is 0. The van der Waals surface area contributed by atoms with Gasteiger partial charge in [-0.05, 0) is 0 Å². The fraction of sp³-hybridized carbons (Fsp3) is 0. The summed E-state index contributed by atoms with van der Waals surface area (Å²) in [6.45, 7) is 0. The van der Waals surface area contributed by atoms with E-state index in [1.165, 1.54) is 0 Å². The van der Waals surface area contributed by atoms with Crippen LogP contribution in [0.4, 0.5) is 0 Å². The molecule has 0 amide bonds. The third-order valence-corrected chi connectivity index (χ3v) is 0. The van der Waals surface area contributed by atoms with Crippen molar-refractivity contribution in [2.45, 2.75) is 0 Å².